The van der Waals surface area contributed by atoms with Gasteiger partial charge in [0.1, 0.15) is 11.4 Å². The Morgan fingerprint density at radius 1 is 1.29 bits per heavy atom. The summed E-state index contributed by atoms with van der Waals surface area (Å²) in [6.07, 6.45) is 3.19. The van der Waals surface area contributed by atoms with Gasteiger partial charge in [0, 0.05) is 31.0 Å². The Labute approximate surface area is 131 Å². The van der Waals surface area contributed by atoms with Crippen molar-refractivity contribution in [2.75, 3.05) is 31.4 Å². The number of rotatable bonds is 4. The fraction of sp³-hybridized carbons (Fsp3) is 0.214. The Kier molecular flexibility index (Phi) is 4.74. The first-order valence-electron chi connectivity index (χ1n) is 6.16. The van der Waals surface area contributed by atoms with Gasteiger partial charge >= 0.3 is 0 Å². The maximum atomic E-state index is 12.4. The Hall–Kier alpha value is -2.15. The number of aromatic nitrogens is 2. The quantitative estimate of drug-likeness (QED) is 0.917. The highest BCUT2D eigenvalue weighted by Gasteiger charge is 2.18. The molecule has 6 nitrogen and oxygen atoms in total. The summed E-state index contributed by atoms with van der Waals surface area (Å²) >= 11 is 3.31. The lowest BCUT2D eigenvalue weighted by Crippen LogP contribution is -2.19. The topological polar surface area (TPSA) is 67.3 Å². The Bertz CT molecular complexity index is 661. The van der Waals surface area contributed by atoms with Crippen molar-refractivity contribution < 1.29 is 9.53 Å². The third-order valence-electron chi connectivity index (χ3n) is 2.78. The molecule has 0 saturated carbocycles. The van der Waals surface area contributed by atoms with E-state index in [1.807, 2.05) is 19.0 Å². The van der Waals surface area contributed by atoms with Gasteiger partial charge in [0.05, 0.1) is 12.8 Å². The first kappa shape index (κ1) is 15.2. The standard InChI is InChI=1S/C14H15BrN4O2/c1-19(2)10-6-8-17-14(21-3)12(10)18-13(20)11-9(15)5-4-7-16-11/h4-8H,1-3H3,(H,18,20). The number of pyridine rings is 2. The Morgan fingerprint density at radius 2 is 2.05 bits per heavy atom. The molecule has 7 heteroatoms. The molecule has 0 aromatic carbocycles. The zero-order valence-electron chi connectivity index (χ0n) is 11.9. The molecule has 110 valence electrons. The van der Waals surface area contributed by atoms with Crippen LogP contribution in [0.1, 0.15) is 10.5 Å². The lowest BCUT2D eigenvalue weighted by atomic mass is 10.2. The molecule has 0 unspecified atom stereocenters. The minimum Gasteiger partial charge on any atom is -0.479 e. The van der Waals surface area contributed by atoms with Crippen molar-refractivity contribution in [1.82, 2.24) is 9.97 Å². The molecule has 2 aromatic rings. The number of hydrogen-bond acceptors (Lipinski definition) is 5. The largest absolute Gasteiger partial charge is 0.479 e. The van der Waals surface area contributed by atoms with Crippen LogP contribution in [0.4, 0.5) is 11.4 Å². The van der Waals surface area contributed by atoms with Gasteiger partial charge in [-0.25, -0.2) is 9.97 Å². The molecule has 2 aromatic heterocycles. The van der Waals surface area contributed by atoms with Crippen molar-refractivity contribution in [3.63, 3.8) is 0 Å². The minimum atomic E-state index is -0.336. The van der Waals surface area contributed by atoms with Crippen molar-refractivity contribution in [3.05, 3.63) is 40.8 Å². The highest BCUT2D eigenvalue weighted by molar-refractivity contribution is 9.10. The molecule has 2 rings (SSSR count). The molecular formula is C14H15BrN4O2. The number of methoxy groups -OCH3 is 1. The number of hydrogen-bond donors (Lipinski definition) is 1. The van der Waals surface area contributed by atoms with Crippen LogP contribution in [-0.4, -0.2) is 37.1 Å². The monoisotopic (exact) mass is 350 g/mol. The molecule has 0 spiro atoms. The predicted octanol–water partition coefficient (Wildman–Crippen LogP) is 2.57. The molecule has 0 aliphatic rings. The summed E-state index contributed by atoms with van der Waals surface area (Å²) in [6, 6.07) is 5.30. The van der Waals surface area contributed by atoms with E-state index in [9.17, 15) is 4.79 Å². The Morgan fingerprint density at radius 3 is 2.67 bits per heavy atom. The SMILES string of the molecule is COc1nccc(N(C)C)c1NC(=O)c1ncccc1Br. The molecule has 0 atom stereocenters. The first-order chi connectivity index (χ1) is 10.0. The molecule has 0 bridgehead atoms. The number of halogens is 1. The van der Waals surface area contributed by atoms with Gasteiger partial charge in [-0.1, -0.05) is 0 Å². The summed E-state index contributed by atoms with van der Waals surface area (Å²) in [5.74, 6) is 0.0125. The van der Waals surface area contributed by atoms with Crippen LogP contribution in [0.2, 0.25) is 0 Å². The lowest BCUT2D eigenvalue weighted by Gasteiger charge is -2.19. The molecular weight excluding hydrogens is 336 g/mol. The van der Waals surface area contributed by atoms with Crippen LogP contribution < -0.4 is 15.0 Å². The van der Waals surface area contributed by atoms with E-state index in [-0.39, 0.29) is 5.91 Å². The molecule has 1 amide bonds. The lowest BCUT2D eigenvalue weighted by molar-refractivity contribution is 0.102. The fourth-order valence-corrected chi connectivity index (χ4v) is 2.24. The summed E-state index contributed by atoms with van der Waals surface area (Å²) < 4.78 is 5.84. The molecule has 0 radical (unpaired) electrons. The zero-order valence-corrected chi connectivity index (χ0v) is 13.5. The summed E-state index contributed by atoms with van der Waals surface area (Å²) in [7, 11) is 5.26. The Balaban J connectivity index is 2.39. The summed E-state index contributed by atoms with van der Waals surface area (Å²) in [6.45, 7) is 0. The zero-order chi connectivity index (χ0) is 15.4. The van der Waals surface area contributed by atoms with Crippen LogP contribution >= 0.6 is 15.9 Å². The van der Waals surface area contributed by atoms with Crippen molar-refractivity contribution in [1.29, 1.82) is 0 Å². The van der Waals surface area contributed by atoms with Crippen molar-refractivity contribution in [3.8, 4) is 5.88 Å². The number of nitrogens with one attached hydrogen (secondary N) is 1. The second kappa shape index (κ2) is 6.53. The van der Waals surface area contributed by atoms with Gasteiger partial charge < -0.3 is 15.0 Å². The predicted molar refractivity (Wildman–Crippen MR) is 85.0 cm³/mol. The van der Waals surface area contributed by atoms with Crippen LogP contribution in [-0.2, 0) is 0 Å². The van der Waals surface area contributed by atoms with E-state index in [0.717, 1.165) is 5.69 Å². The number of carbonyl (C=O) groups is 1. The molecule has 0 saturated heterocycles. The van der Waals surface area contributed by atoms with Crippen molar-refractivity contribution in [2.45, 2.75) is 0 Å². The molecule has 0 aliphatic carbocycles. The molecule has 2 heterocycles. The van der Waals surface area contributed by atoms with Crippen molar-refractivity contribution in [2.24, 2.45) is 0 Å². The minimum absolute atomic E-state index is 0.299. The third kappa shape index (κ3) is 3.30. The molecule has 0 aliphatic heterocycles. The van der Waals surface area contributed by atoms with Gasteiger partial charge in [0.2, 0.25) is 5.88 Å². The molecule has 1 N–H and O–H groups in total. The first-order valence-corrected chi connectivity index (χ1v) is 6.96. The van der Waals surface area contributed by atoms with Gasteiger partial charge in [-0.05, 0) is 34.1 Å². The van der Waals surface area contributed by atoms with E-state index in [2.05, 4.69) is 31.2 Å². The number of carbonyl (C=O) groups excluding carboxylic acids is 1. The van der Waals surface area contributed by atoms with E-state index >= 15 is 0 Å². The number of amides is 1. The average molecular weight is 351 g/mol. The number of nitrogens with zero attached hydrogens (tertiary/aromatic N) is 3. The van der Waals surface area contributed by atoms with Crippen LogP contribution in [0.15, 0.2) is 35.1 Å². The van der Waals surface area contributed by atoms with E-state index < -0.39 is 0 Å². The van der Waals surface area contributed by atoms with Gasteiger partial charge in [-0.2, -0.15) is 0 Å². The third-order valence-corrected chi connectivity index (χ3v) is 3.42. The van der Waals surface area contributed by atoms with E-state index in [1.54, 1.807) is 30.6 Å². The maximum Gasteiger partial charge on any atom is 0.275 e. The normalized spacial score (nSPS) is 10.1. The average Bonchev–Trinajstić information content (AvgIpc) is 2.47. The highest BCUT2D eigenvalue weighted by atomic mass is 79.9. The smallest absolute Gasteiger partial charge is 0.275 e. The summed E-state index contributed by atoms with van der Waals surface area (Å²) in [4.78, 5) is 22.4. The van der Waals surface area contributed by atoms with Gasteiger partial charge in [0.15, 0.2) is 0 Å². The number of anilines is 2. The van der Waals surface area contributed by atoms with Crippen LogP contribution in [0, 0.1) is 0 Å². The second-order valence-electron chi connectivity index (χ2n) is 4.40. The summed E-state index contributed by atoms with van der Waals surface area (Å²) in [5.41, 5.74) is 1.60. The van der Waals surface area contributed by atoms with E-state index in [4.69, 9.17) is 4.74 Å². The number of ether oxygens (including phenoxy) is 1. The van der Waals surface area contributed by atoms with E-state index in [0.29, 0.717) is 21.7 Å². The highest BCUT2D eigenvalue weighted by Crippen LogP contribution is 2.32. The van der Waals surface area contributed by atoms with Crippen LogP contribution in [0.25, 0.3) is 0 Å². The van der Waals surface area contributed by atoms with Crippen LogP contribution in [0.5, 0.6) is 5.88 Å². The van der Waals surface area contributed by atoms with Gasteiger partial charge in [-0.15, -0.1) is 0 Å². The molecule has 0 fully saturated rings. The molecule has 21 heavy (non-hydrogen) atoms. The van der Waals surface area contributed by atoms with Gasteiger partial charge in [-0.3, -0.25) is 4.79 Å². The second-order valence-corrected chi connectivity index (χ2v) is 5.25. The fourth-order valence-electron chi connectivity index (χ4n) is 1.80. The van der Waals surface area contributed by atoms with E-state index in [1.165, 1.54) is 7.11 Å². The summed E-state index contributed by atoms with van der Waals surface area (Å²) in [5, 5.41) is 2.81. The van der Waals surface area contributed by atoms with Gasteiger partial charge in [0.25, 0.3) is 5.91 Å². The van der Waals surface area contributed by atoms with Crippen LogP contribution in [0.3, 0.4) is 0 Å². The maximum absolute atomic E-state index is 12.4. The van der Waals surface area contributed by atoms with Crippen molar-refractivity contribution >= 4 is 33.2 Å².